The standard InChI is InChI=1S/C18H27Br3/c1-2-3-4-5-6-7-8-13-18(14-19,15-20)16-9-11-17(21)12-10-16/h9-12H,2-8,13-15H2,1H3. The average molecular weight is 483 g/mol. The first-order valence-corrected chi connectivity index (χ1v) is 11.1. The Labute approximate surface area is 155 Å². The molecule has 1 rings (SSSR count). The van der Waals surface area contributed by atoms with Gasteiger partial charge in [-0.1, -0.05) is 112 Å². The molecule has 0 spiro atoms. The average Bonchev–Trinajstić information content (AvgIpc) is 2.52. The van der Waals surface area contributed by atoms with Crippen LogP contribution in [0.2, 0.25) is 0 Å². The second kappa shape index (κ2) is 11.2. The van der Waals surface area contributed by atoms with Gasteiger partial charge in [-0.15, -0.1) is 0 Å². The van der Waals surface area contributed by atoms with Gasteiger partial charge >= 0.3 is 0 Å². The number of hydrogen-bond acceptors (Lipinski definition) is 0. The van der Waals surface area contributed by atoms with Crippen molar-refractivity contribution in [2.24, 2.45) is 0 Å². The maximum absolute atomic E-state index is 3.75. The molecule has 0 radical (unpaired) electrons. The molecule has 0 N–H and O–H groups in total. The minimum absolute atomic E-state index is 0.226. The van der Waals surface area contributed by atoms with Crippen molar-refractivity contribution in [1.82, 2.24) is 0 Å². The molecule has 0 heterocycles. The molecule has 0 aliphatic carbocycles. The van der Waals surface area contributed by atoms with Crippen LogP contribution in [0.1, 0.15) is 63.9 Å². The van der Waals surface area contributed by atoms with E-state index in [4.69, 9.17) is 0 Å². The summed E-state index contributed by atoms with van der Waals surface area (Å²) < 4.78 is 1.15. The van der Waals surface area contributed by atoms with Crippen LogP contribution in [0.25, 0.3) is 0 Å². The van der Waals surface area contributed by atoms with Crippen molar-refractivity contribution in [3.05, 3.63) is 34.3 Å². The first-order chi connectivity index (χ1) is 10.2. The molecule has 21 heavy (non-hydrogen) atoms. The van der Waals surface area contributed by atoms with Crippen molar-refractivity contribution in [2.45, 2.75) is 63.7 Å². The summed E-state index contributed by atoms with van der Waals surface area (Å²) in [5.41, 5.74) is 1.66. The second-order valence-corrected chi connectivity index (χ2v) is 7.96. The van der Waals surface area contributed by atoms with Gasteiger partial charge in [0.2, 0.25) is 0 Å². The van der Waals surface area contributed by atoms with Gasteiger partial charge in [0.1, 0.15) is 0 Å². The zero-order valence-corrected chi connectivity index (χ0v) is 17.8. The van der Waals surface area contributed by atoms with Crippen molar-refractivity contribution >= 4 is 47.8 Å². The summed E-state index contributed by atoms with van der Waals surface area (Å²) in [6.45, 7) is 2.28. The van der Waals surface area contributed by atoms with Crippen molar-refractivity contribution in [1.29, 1.82) is 0 Å². The maximum atomic E-state index is 3.75. The Hall–Kier alpha value is 0.660. The lowest BCUT2D eigenvalue weighted by molar-refractivity contribution is 0.460. The summed E-state index contributed by atoms with van der Waals surface area (Å²) in [7, 11) is 0. The van der Waals surface area contributed by atoms with E-state index in [-0.39, 0.29) is 5.41 Å². The zero-order valence-electron chi connectivity index (χ0n) is 13.0. The van der Waals surface area contributed by atoms with Crippen LogP contribution < -0.4 is 0 Å². The van der Waals surface area contributed by atoms with Crippen LogP contribution in [0.3, 0.4) is 0 Å². The zero-order chi connectivity index (χ0) is 15.6. The lowest BCUT2D eigenvalue weighted by Crippen LogP contribution is -2.30. The Morgan fingerprint density at radius 2 is 1.33 bits per heavy atom. The molecule has 1 aromatic rings. The summed E-state index contributed by atoms with van der Waals surface area (Å²) in [6.07, 6.45) is 10.9. The quantitative estimate of drug-likeness (QED) is 0.225. The molecule has 0 aliphatic heterocycles. The molecule has 0 fully saturated rings. The van der Waals surface area contributed by atoms with E-state index >= 15 is 0 Å². The second-order valence-electron chi connectivity index (χ2n) is 5.93. The Bertz CT molecular complexity index is 369. The Morgan fingerprint density at radius 3 is 1.86 bits per heavy atom. The van der Waals surface area contributed by atoms with Crippen LogP contribution in [0.5, 0.6) is 0 Å². The van der Waals surface area contributed by atoms with Gasteiger partial charge < -0.3 is 0 Å². The largest absolute Gasteiger partial charge is 0.0918 e. The van der Waals surface area contributed by atoms with Gasteiger partial charge in [-0.2, -0.15) is 0 Å². The smallest absolute Gasteiger partial charge is 0.0175 e. The molecule has 120 valence electrons. The molecule has 3 heteroatoms. The van der Waals surface area contributed by atoms with Gasteiger partial charge in [-0.25, -0.2) is 0 Å². The number of alkyl halides is 2. The SMILES string of the molecule is CCCCCCCCCC(CBr)(CBr)c1ccc(Br)cc1. The maximum Gasteiger partial charge on any atom is 0.0175 e. The van der Waals surface area contributed by atoms with E-state index in [1.807, 2.05) is 0 Å². The number of unbranched alkanes of at least 4 members (excludes halogenated alkanes) is 6. The number of halogens is 3. The molecule has 0 saturated heterocycles. The topological polar surface area (TPSA) is 0 Å². The van der Waals surface area contributed by atoms with Crippen LogP contribution in [0, 0.1) is 0 Å². The molecular formula is C18H27Br3. The van der Waals surface area contributed by atoms with Crippen molar-refractivity contribution in [2.75, 3.05) is 10.7 Å². The Kier molecular flexibility index (Phi) is 10.5. The van der Waals surface area contributed by atoms with Gasteiger partial charge in [0, 0.05) is 20.5 Å². The lowest BCUT2D eigenvalue weighted by Gasteiger charge is -2.31. The fraction of sp³-hybridized carbons (Fsp3) is 0.667. The summed E-state index contributed by atoms with van der Waals surface area (Å²) in [5, 5.41) is 2.03. The highest BCUT2D eigenvalue weighted by molar-refractivity contribution is 9.10. The Morgan fingerprint density at radius 1 is 0.810 bits per heavy atom. The van der Waals surface area contributed by atoms with Crippen molar-refractivity contribution < 1.29 is 0 Å². The van der Waals surface area contributed by atoms with Gasteiger partial charge in [-0.3, -0.25) is 0 Å². The molecule has 0 amide bonds. The van der Waals surface area contributed by atoms with Gasteiger partial charge in [0.25, 0.3) is 0 Å². The summed E-state index contributed by atoms with van der Waals surface area (Å²) in [6, 6.07) is 8.82. The predicted molar refractivity (Wildman–Crippen MR) is 106 cm³/mol. The van der Waals surface area contributed by atoms with Crippen LogP contribution >= 0.6 is 47.8 Å². The van der Waals surface area contributed by atoms with E-state index in [0.717, 1.165) is 15.1 Å². The molecule has 0 atom stereocenters. The fourth-order valence-electron chi connectivity index (χ4n) is 2.69. The van der Waals surface area contributed by atoms with E-state index in [2.05, 4.69) is 79.0 Å². The number of rotatable bonds is 11. The van der Waals surface area contributed by atoms with Crippen molar-refractivity contribution in [3.63, 3.8) is 0 Å². The van der Waals surface area contributed by atoms with E-state index < -0.39 is 0 Å². The monoisotopic (exact) mass is 480 g/mol. The van der Waals surface area contributed by atoms with E-state index in [0.29, 0.717) is 0 Å². The minimum Gasteiger partial charge on any atom is -0.0918 e. The highest BCUT2D eigenvalue weighted by Gasteiger charge is 2.29. The van der Waals surface area contributed by atoms with E-state index in [1.54, 1.807) is 0 Å². The molecular weight excluding hydrogens is 456 g/mol. The summed E-state index contributed by atoms with van der Waals surface area (Å²) >= 11 is 11.0. The third-order valence-electron chi connectivity index (χ3n) is 4.23. The van der Waals surface area contributed by atoms with Crippen LogP contribution in [-0.2, 0) is 5.41 Å². The molecule has 0 unspecified atom stereocenters. The summed E-state index contributed by atoms with van der Waals surface area (Å²) in [5.74, 6) is 0. The predicted octanol–water partition coefficient (Wildman–Crippen LogP) is 7.62. The summed E-state index contributed by atoms with van der Waals surface area (Å²) in [4.78, 5) is 0. The highest BCUT2D eigenvalue weighted by Crippen LogP contribution is 2.35. The van der Waals surface area contributed by atoms with Crippen molar-refractivity contribution in [3.8, 4) is 0 Å². The van der Waals surface area contributed by atoms with Crippen LogP contribution in [0.15, 0.2) is 28.7 Å². The van der Waals surface area contributed by atoms with Gasteiger partial charge in [0.15, 0.2) is 0 Å². The third-order valence-corrected chi connectivity index (χ3v) is 6.90. The first-order valence-electron chi connectivity index (χ1n) is 8.06. The first kappa shape index (κ1) is 19.7. The Balaban J connectivity index is 2.47. The number of benzene rings is 1. The van der Waals surface area contributed by atoms with E-state index in [1.165, 1.54) is 56.9 Å². The molecule has 1 aromatic carbocycles. The molecule has 0 aromatic heterocycles. The molecule has 0 bridgehead atoms. The van der Waals surface area contributed by atoms with Gasteiger partial charge in [-0.05, 0) is 24.1 Å². The lowest BCUT2D eigenvalue weighted by atomic mass is 9.80. The molecule has 0 aliphatic rings. The number of hydrogen-bond donors (Lipinski definition) is 0. The van der Waals surface area contributed by atoms with Gasteiger partial charge in [0.05, 0.1) is 0 Å². The highest BCUT2D eigenvalue weighted by atomic mass is 79.9. The third kappa shape index (κ3) is 6.74. The van der Waals surface area contributed by atoms with Crippen LogP contribution in [-0.4, -0.2) is 10.7 Å². The fourth-order valence-corrected chi connectivity index (χ4v) is 5.09. The minimum atomic E-state index is 0.226. The molecule has 0 saturated carbocycles. The van der Waals surface area contributed by atoms with Crippen LogP contribution in [0.4, 0.5) is 0 Å². The normalized spacial score (nSPS) is 11.8. The molecule has 0 nitrogen and oxygen atoms in total. The van der Waals surface area contributed by atoms with E-state index in [9.17, 15) is 0 Å².